The number of hydrogen-bond acceptors (Lipinski definition) is 0. The fourth-order valence-corrected chi connectivity index (χ4v) is 1.25. The zero-order valence-electron chi connectivity index (χ0n) is 9.13. The van der Waals surface area contributed by atoms with E-state index in [1.165, 1.54) is 5.92 Å². The Labute approximate surface area is 106 Å². The van der Waals surface area contributed by atoms with E-state index < -0.39 is 35.2 Å². The summed E-state index contributed by atoms with van der Waals surface area (Å²) in [5, 5.41) is 0. The van der Waals surface area contributed by atoms with Crippen LogP contribution in [-0.2, 0) is 12.4 Å². The predicted octanol–water partition coefficient (Wildman–Crippen LogP) is 4.64. The Morgan fingerprint density at radius 2 is 1.20 bits per heavy atom. The van der Waals surface area contributed by atoms with Gasteiger partial charge in [-0.25, -0.2) is 0 Å². The quantitative estimate of drug-likeness (QED) is 0.484. The molecule has 0 amide bonds. The number of halogens is 9. The SMILES string of the molecule is FC(F)(F)C#Cc1ccc(C(F)(F)F)c(C(F)(F)F)c1. The number of hydrogen-bond donors (Lipinski definition) is 0. The zero-order chi connectivity index (χ0) is 15.8. The summed E-state index contributed by atoms with van der Waals surface area (Å²) in [5.41, 5.74) is -4.89. The van der Waals surface area contributed by atoms with Crippen molar-refractivity contribution in [2.75, 3.05) is 0 Å². The molecular formula is C11H3F9. The lowest BCUT2D eigenvalue weighted by Crippen LogP contribution is -2.16. The van der Waals surface area contributed by atoms with E-state index >= 15 is 0 Å². The third kappa shape index (κ3) is 4.36. The van der Waals surface area contributed by atoms with E-state index in [0.717, 1.165) is 0 Å². The van der Waals surface area contributed by atoms with Gasteiger partial charge in [0, 0.05) is 11.5 Å². The molecule has 1 aromatic carbocycles. The smallest absolute Gasteiger partial charge is 0.166 e. The van der Waals surface area contributed by atoms with Gasteiger partial charge in [-0.1, -0.05) is 5.92 Å². The van der Waals surface area contributed by atoms with Gasteiger partial charge >= 0.3 is 18.5 Å². The minimum Gasteiger partial charge on any atom is -0.166 e. The summed E-state index contributed by atoms with van der Waals surface area (Å²) in [6.45, 7) is 0. The van der Waals surface area contributed by atoms with Crippen molar-refractivity contribution in [1.29, 1.82) is 0 Å². The van der Waals surface area contributed by atoms with Gasteiger partial charge in [0.2, 0.25) is 0 Å². The predicted molar refractivity (Wildman–Crippen MR) is 49.4 cm³/mol. The lowest BCUT2D eigenvalue weighted by atomic mass is 10.0. The second-order valence-corrected chi connectivity index (χ2v) is 3.50. The monoisotopic (exact) mass is 306 g/mol. The summed E-state index contributed by atoms with van der Waals surface area (Å²) in [4.78, 5) is 0. The van der Waals surface area contributed by atoms with Crippen LogP contribution in [0.5, 0.6) is 0 Å². The van der Waals surface area contributed by atoms with Crippen LogP contribution in [0.1, 0.15) is 16.7 Å². The Morgan fingerprint density at radius 1 is 0.700 bits per heavy atom. The van der Waals surface area contributed by atoms with E-state index in [1.807, 2.05) is 0 Å². The van der Waals surface area contributed by atoms with Crippen molar-refractivity contribution in [3.63, 3.8) is 0 Å². The van der Waals surface area contributed by atoms with E-state index in [-0.39, 0.29) is 12.1 Å². The summed E-state index contributed by atoms with van der Waals surface area (Å²) in [6, 6.07) is 0.418. The first kappa shape index (κ1) is 16.2. The first-order valence-electron chi connectivity index (χ1n) is 4.69. The Hall–Kier alpha value is -1.85. The van der Waals surface area contributed by atoms with Gasteiger partial charge in [-0.3, -0.25) is 0 Å². The molecule has 0 aromatic heterocycles. The standard InChI is InChI=1S/C11H3F9/c12-9(13,14)4-3-6-1-2-7(10(15,16)17)8(5-6)11(18,19)20/h1-2,5H. The number of benzene rings is 1. The van der Waals surface area contributed by atoms with Gasteiger partial charge < -0.3 is 0 Å². The maximum atomic E-state index is 12.5. The third-order valence-corrected chi connectivity index (χ3v) is 1.98. The second-order valence-electron chi connectivity index (χ2n) is 3.50. The van der Waals surface area contributed by atoms with E-state index in [2.05, 4.69) is 0 Å². The molecule has 0 unspecified atom stereocenters. The molecular weight excluding hydrogens is 303 g/mol. The summed E-state index contributed by atoms with van der Waals surface area (Å²) in [7, 11) is 0. The fourth-order valence-electron chi connectivity index (χ4n) is 1.25. The summed E-state index contributed by atoms with van der Waals surface area (Å²) in [6.07, 6.45) is -15.6. The molecule has 110 valence electrons. The molecule has 0 saturated carbocycles. The highest BCUT2D eigenvalue weighted by molar-refractivity contribution is 5.43. The lowest BCUT2D eigenvalue weighted by molar-refractivity contribution is -0.162. The van der Waals surface area contributed by atoms with Crippen molar-refractivity contribution in [2.24, 2.45) is 0 Å². The molecule has 1 rings (SSSR count). The molecule has 20 heavy (non-hydrogen) atoms. The van der Waals surface area contributed by atoms with Crippen molar-refractivity contribution in [3.8, 4) is 11.8 Å². The topological polar surface area (TPSA) is 0 Å². The van der Waals surface area contributed by atoms with Crippen molar-refractivity contribution >= 4 is 0 Å². The van der Waals surface area contributed by atoms with Gasteiger partial charge in [-0.05, 0) is 18.2 Å². The number of alkyl halides is 9. The highest BCUT2D eigenvalue weighted by atomic mass is 19.4. The summed E-state index contributed by atoms with van der Waals surface area (Å²) in [5.74, 6) is 2.01. The van der Waals surface area contributed by atoms with Crippen LogP contribution in [0.15, 0.2) is 18.2 Å². The van der Waals surface area contributed by atoms with Gasteiger partial charge in [0.25, 0.3) is 0 Å². The molecule has 0 saturated heterocycles. The van der Waals surface area contributed by atoms with E-state index in [1.54, 1.807) is 0 Å². The molecule has 0 heterocycles. The van der Waals surface area contributed by atoms with Gasteiger partial charge in [0.1, 0.15) is 0 Å². The fraction of sp³-hybridized carbons (Fsp3) is 0.273. The molecule has 0 radical (unpaired) electrons. The molecule has 0 nitrogen and oxygen atoms in total. The van der Waals surface area contributed by atoms with Crippen LogP contribution in [-0.4, -0.2) is 6.18 Å². The molecule has 9 heteroatoms. The third-order valence-electron chi connectivity index (χ3n) is 1.98. The molecule has 0 N–H and O–H groups in total. The van der Waals surface area contributed by atoms with Crippen LogP contribution in [0.3, 0.4) is 0 Å². The molecule has 0 aliphatic heterocycles. The van der Waals surface area contributed by atoms with E-state index in [0.29, 0.717) is 12.0 Å². The molecule has 0 aliphatic carbocycles. The number of rotatable bonds is 0. The highest BCUT2D eigenvalue weighted by Crippen LogP contribution is 2.40. The van der Waals surface area contributed by atoms with Gasteiger partial charge in [0.05, 0.1) is 11.1 Å². The minimum atomic E-state index is -5.36. The van der Waals surface area contributed by atoms with Crippen LogP contribution in [0.2, 0.25) is 0 Å². The average Bonchev–Trinajstić information content (AvgIpc) is 2.22. The van der Waals surface area contributed by atoms with Crippen LogP contribution in [0.4, 0.5) is 39.5 Å². The maximum absolute atomic E-state index is 12.5. The molecule has 0 aliphatic rings. The normalized spacial score (nSPS) is 12.8. The van der Waals surface area contributed by atoms with Crippen LogP contribution >= 0.6 is 0 Å². The summed E-state index contributed by atoms with van der Waals surface area (Å²) >= 11 is 0. The van der Waals surface area contributed by atoms with Crippen molar-refractivity contribution in [1.82, 2.24) is 0 Å². The molecule has 0 fully saturated rings. The zero-order valence-corrected chi connectivity index (χ0v) is 9.13. The summed E-state index contributed by atoms with van der Waals surface area (Å²) < 4.78 is 110. The first-order chi connectivity index (χ1) is 8.81. The molecule has 1 aromatic rings. The Morgan fingerprint density at radius 3 is 1.60 bits per heavy atom. The maximum Gasteiger partial charge on any atom is 0.458 e. The second kappa shape index (κ2) is 4.92. The lowest BCUT2D eigenvalue weighted by Gasteiger charge is -2.15. The molecule has 0 spiro atoms. The molecule has 0 bridgehead atoms. The molecule has 0 atom stereocenters. The minimum absolute atomic E-state index is 0.0449. The van der Waals surface area contributed by atoms with Crippen LogP contribution < -0.4 is 0 Å². The van der Waals surface area contributed by atoms with Gasteiger partial charge in [0.15, 0.2) is 0 Å². The average molecular weight is 306 g/mol. The van der Waals surface area contributed by atoms with Gasteiger partial charge in [-0.15, -0.1) is 0 Å². The van der Waals surface area contributed by atoms with Crippen molar-refractivity contribution in [3.05, 3.63) is 34.9 Å². The Bertz CT molecular complexity index is 548. The highest BCUT2D eigenvalue weighted by Gasteiger charge is 2.43. The Balaban J connectivity index is 3.40. The first-order valence-corrected chi connectivity index (χ1v) is 4.69. The van der Waals surface area contributed by atoms with Crippen LogP contribution in [0, 0.1) is 11.8 Å². The van der Waals surface area contributed by atoms with Crippen LogP contribution in [0.25, 0.3) is 0 Å². The van der Waals surface area contributed by atoms with Crippen molar-refractivity contribution in [2.45, 2.75) is 18.5 Å². The largest absolute Gasteiger partial charge is 0.458 e. The Kier molecular flexibility index (Phi) is 3.99. The van der Waals surface area contributed by atoms with Gasteiger partial charge in [-0.2, -0.15) is 39.5 Å². The van der Waals surface area contributed by atoms with E-state index in [9.17, 15) is 39.5 Å². The van der Waals surface area contributed by atoms with E-state index in [4.69, 9.17) is 0 Å². The van der Waals surface area contributed by atoms with Crippen molar-refractivity contribution < 1.29 is 39.5 Å².